The molecule has 0 aromatic heterocycles. The fraction of sp³-hybridized carbons (Fsp3) is 0.385. The van der Waals surface area contributed by atoms with E-state index in [1.54, 1.807) is 20.8 Å². The molecule has 1 saturated heterocycles. The zero-order valence-corrected chi connectivity index (χ0v) is 11.6. The summed E-state index contributed by atoms with van der Waals surface area (Å²) in [4.78, 5) is 46.7. The van der Waals surface area contributed by atoms with Crippen molar-refractivity contribution in [1.82, 2.24) is 0 Å². The van der Waals surface area contributed by atoms with Gasteiger partial charge in [-0.1, -0.05) is 0 Å². The molecular weight excluding hydrogens is 268 g/mol. The quantitative estimate of drug-likeness (QED) is 0.431. The molecule has 1 unspecified atom stereocenters. The molecule has 0 saturated carbocycles. The first-order chi connectivity index (χ1) is 8.82. The fourth-order valence-electron chi connectivity index (χ4n) is 1.89. The Labute approximate surface area is 114 Å². The Hall–Kier alpha value is -1.69. The number of esters is 2. The second kappa shape index (κ2) is 4.77. The van der Waals surface area contributed by atoms with Gasteiger partial charge in [-0.15, -0.1) is 11.8 Å². The number of cyclic esters (lactones) is 2. The summed E-state index contributed by atoms with van der Waals surface area (Å²) in [6.07, 6.45) is -0.0660. The van der Waals surface area contributed by atoms with Crippen LogP contribution in [0.15, 0.2) is 21.6 Å². The van der Waals surface area contributed by atoms with E-state index in [4.69, 9.17) is 0 Å². The predicted molar refractivity (Wildman–Crippen MR) is 68.2 cm³/mol. The van der Waals surface area contributed by atoms with Crippen LogP contribution in [0, 0.1) is 0 Å². The van der Waals surface area contributed by atoms with Gasteiger partial charge in [0, 0.05) is 16.7 Å². The summed E-state index contributed by atoms with van der Waals surface area (Å²) in [6, 6.07) is 0. The van der Waals surface area contributed by atoms with Crippen LogP contribution in [0.2, 0.25) is 0 Å². The second-order valence-corrected chi connectivity index (χ2v) is 5.68. The highest BCUT2D eigenvalue weighted by Gasteiger charge is 2.38. The second-order valence-electron chi connectivity index (χ2n) is 4.47. The third-order valence-corrected chi connectivity index (χ3v) is 4.59. The number of Topliss-reactive ketones (excluding diaryl/α,β-unsaturated/α-hetero) is 2. The molecule has 0 bridgehead atoms. The van der Waals surface area contributed by atoms with Crippen LogP contribution >= 0.6 is 11.8 Å². The molecule has 19 heavy (non-hydrogen) atoms. The molecule has 2 rings (SSSR count). The summed E-state index contributed by atoms with van der Waals surface area (Å²) in [6.45, 7) is 4.75. The Balaban J connectivity index is 2.30. The lowest BCUT2D eigenvalue weighted by Gasteiger charge is -2.18. The molecule has 100 valence electrons. The number of carbonyl (C=O) groups excluding carboxylic acids is 4. The SMILES string of the molecule is CC1=C(C)C(=O)C(SC2CC(=O)OC2=O)=C(C)C1=O. The topological polar surface area (TPSA) is 77.5 Å². The van der Waals surface area contributed by atoms with Crippen LogP contribution in [0.1, 0.15) is 27.2 Å². The Morgan fingerprint density at radius 2 is 1.53 bits per heavy atom. The molecule has 1 heterocycles. The van der Waals surface area contributed by atoms with Gasteiger partial charge in [0.2, 0.25) is 0 Å². The summed E-state index contributed by atoms with van der Waals surface area (Å²) in [5, 5.41) is -0.736. The van der Waals surface area contributed by atoms with Crippen molar-refractivity contribution in [3.8, 4) is 0 Å². The molecule has 0 amide bonds. The maximum Gasteiger partial charge on any atom is 0.327 e. The highest BCUT2D eigenvalue weighted by Crippen LogP contribution is 2.36. The van der Waals surface area contributed by atoms with E-state index in [0.717, 1.165) is 11.8 Å². The van der Waals surface area contributed by atoms with Crippen molar-refractivity contribution in [3.05, 3.63) is 21.6 Å². The van der Waals surface area contributed by atoms with Gasteiger partial charge in [-0.2, -0.15) is 0 Å². The summed E-state index contributed by atoms with van der Waals surface area (Å²) >= 11 is 0.945. The standard InChI is InChI=1S/C13H12O5S/c1-5-6(2)11(16)12(7(3)10(5)15)19-8-4-9(14)18-13(8)17/h8H,4H2,1-3H3. The van der Waals surface area contributed by atoms with Crippen molar-refractivity contribution < 1.29 is 23.9 Å². The minimum Gasteiger partial charge on any atom is -0.392 e. The van der Waals surface area contributed by atoms with E-state index in [1.807, 2.05) is 0 Å². The van der Waals surface area contributed by atoms with Crippen molar-refractivity contribution >= 4 is 35.3 Å². The highest BCUT2D eigenvalue weighted by molar-refractivity contribution is 8.05. The van der Waals surface area contributed by atoms with Crippen LogP contribution in [0.3, 0.4) is 0 Å². The van der Waals surface area contributed by atoms with E-state index in [-0.39, 0.29) is 22.9 Å². The first kappa shape index (κ1) is 13.7. The van der Waals surface area contributed by atoms with Crippen molar-refractivity contribution in [2.24, 2.45) is 0 Å². The molecule has 0 N–H and O–H groups in total. The Kier molecular flexibility index (Phi) is 3.45. The smallest absolute Gasteiger partial charge is 0.327 e. The van der Waals surface area contributed by atoms with Crippen LogP contribution < -0.4 is 0 Å². The zero-order chi connectivity index (χ0) is 14.3. The van der Waals surface area contributed by atoms with Gasteiger partial charge < -0.3 is 4.74 Å². The summed E-state index contributed by atoms with van der Waals surface area (Å²) in [7, 11) is 0. The molecule has 6 heteroatoms. The van der Waals surface area contributed by atoms with Crippen LogP contribution in [0.5, 0.6) is 0 Å². The normalized spacial score (nSPS) is 24.5. The van der Waals surface area contributed by atoms with Crippen molar-refractivity contribution in [2.45, 2.75) is 32.4 Å². The van der Waals surface area contributed by atoms with Gasteiger partial charge in [0.25, 0.3) is 0 Å². The van der Waals surface area contributed by atoms with E-state index in [1.165, 1.54) is 0 Å². The third kappa shape index (κ3) is 2.28. The van der Waals surface area contributed by atoms with Crippen molar-refractivity contribution in [3.63, 3.8) is 0 Å². The lowest BCUT2D eigenvalue weighted by atomic mass is 9.92. The first-order valence-electron chi connectivity index (χ1n) is 5.72. The van der Waals surface area contributed by atoms with E-state index >= 15 is 0 Å². The fourth-order valence-corrected chi connectivity index (χ4v) is 3.07. The number of thioether (sulfide) groups is 1. The summed E-state index contributed by atoms with van der Waals surface area (Å²) in [5.41, 5.74) is 1.14. The zero-order valence-electron chi connectivity index (χ0n) is 10.7. The summed E-state index contributed by atoms with van der Waals surface area (Å²) < 4.78 is 4.43. The molecule has 1 aliphatic heterocycles. The average Bonchev–Trinajstić information content (AvgIpc) is 2.68. The molecule has 5 nitrogen and oxygen atoms in total. The van der Waals surface area contributed by atoms with E-state index in [0.29, 0.717) is 16.7 Å². The Morgan fingerprint density at radius 1 is 0.947 bits per heavy atom. The van der Waals surface area contributed by atoms with Gasteiger partial charge in [-0.25, -0.2) is 0 Å². The van der Waals surface area contributed by atoms with Crippen molar-refractivity contribution in [2.75, 3.05) is 0 Å². The van der Waals surface area contributed by atoms with Crippen LogP contribution in [-0.4, -0.2) is 28.8 Å². The number of rotatable bonds is 2. The van der Waals surface area contributed by atoms with E-state index in [2.05, 4.69) is 4.74 Å². The minimum absolute atomic E-state index is 0.0660. The molecule has 1 aliphatic carbocycles. The number of hydrogen-bond acceptors (Lipinski definition) is 6. The molecule has 1 fully saturated rings. The highest BCUT2D eigenvalue weighted by atomic mass is 32.2. The van der Waals surface area contributed by atoms with Gasteiger partial charge in [0.15, 0.2) is 11.6 Å². The first-order valence-corrected chi connectivity index (χ1v) is 6.59. The predicted octanol–water partition coefficient (Wildman–Crippen LogP) is 1.32. The maximum atomic E-state index is 12.1. The average molecular weight is 280 g/mol. The van der Waals surface area contributed by atoms with Gasteiger partial charge in [0.1, 0.15) is 5.25 Å². The number of hydrogen-bond donors (Lipinski definition) is 0. The Morgan fingerprint density at radius 3 is 2.05 bits per heavy atom. The molecule has 1 atom stereocenters. The number of carbonyl (C=O) groups is 4. The van der Waals surface area contributed by atoms with Gasteiger partial charge in [-0.3, -0.25) is 19.2 Å². The van der Waals surface area contributed by atoms with Gasteiger partial charge in [-0.05, 0) is 20.8 Å². The monoisotopic (exact) mass is 280 g/mol. The number of allylic oxidation sites excluding steroid dienone is 4. The van der Waals surface area contributed by atoms with Crippen LogP contribution in [-0.2, 0) is 23.9 Å². The van der Waals surface area contributed by atoms with Gasteiger partial charge in [0.05, 0.1) is 11.3 Å². The largest absolute Gasteiger partial charge is 0.392 e. The minimum atomic E-state index is -0.736. The van der Waals surface area contributed by atoms with Gasteiger partial charge >= 0.3 is 11.9 Å². The van der Waals surface area contributed by atoms with E-state index in [9.17, 15) is 19.2 Å². The molecule has 0 aromatic rings. The molecule has 0 radical (unpaired) electrons. The van der Waals surface area contributed by atoms with Crippen molar-refractivity contribution in [1.29, 1.82) is 0 Å². The summed E-state index contributed by atoms with van der Waals surface area (Å²) in [5.74, 6) is -1.71. The van der Waals surface area contributed by atoms with E-state index < -0.39 is 17.2 Å². The molecule has 2 aliphatic rings. The number of ketones is 2. The molecule has 0 spiro atoms. The maximum absolute atomic E-state index is 12.1. The lowest BCUT2D eigenvalue weighted by Crippen LogP contribution is -2.21. The lowest BCUT2D eigenvalue weighted by molar-refractivity contribution is -0.151. The van der Waals surface area contributed by atoms with Crippen LogP contribution in [0.4, 0.5) is 0 Å². The molecule has 0 aromatic carbocycles. The third-order valence-electron chi connectivity index (χ3n) is 3.22. The van der Waals surface area contributed by atoms with Crippen LogP contribution in [0.25, 0.3) is 0 Å². The molecular formula is C13H12O5S. The number of ether oxygens (including phenoxy) is 1. The Bertz CT molecular complexity index is 582.